The number of rotatable bonds is 4. The average molecular weight is 370 g/mol. The Hall–Kier alpha value is -1.94. The number of likely N-dealkylation sites (tertiary alicyclic amines) is 1. The van der Waals surface area contributed by atoms with E-state index in [9.17, 15) is 22.8 Å². The van der Waals surface area contributed by atoms with Gasteiger partial charge in [-0.05, 0) is 25.7 Å². The summed E-state index contributed by atoms with van der Waals surface area (Å²) in [6.45, 7) is 3.65. The summed E-state index contributed by atoms with van der Waals surface area (Å²) in [6, 6.07) is 0. The number of aromatic amines is 2. The third-order valence-corrected chi connectivity index (χ3v) is 6.89. The molecule has 2 N–H and O–H groups in total. The van der Waals surface area contributed by atoms with Crippen molar-refractivity contribution in [3.63, 3.8) is 0 Å². The highest BCUT2D eigenvalue weighted by molar-refractivity contribution is 7.89. The molecule has 0 bridgehead atoms. The lowest BCUT2D eigenvalue weighted by atomic mass is 9.78. The van der Waals surface area contributed by atoms with E-state index in [-0.39, 0.29) is 19.0 Å². The first-order valence-electron chi connectivity index (χ1n) is 8.42. The van der Waals surface area contributed by atoms with Gasteiger partial charge >= 0.3 is 5.69 Å². The van der Waals surface area contributed by atoms with Gasteiger partial charge in [-0.1, -0.05) is 6.92 Å². The number of nitrogens with zero attached hydrogens (tertiary/aromatic N) is 2. The van der Waals surface area contributed by atoms with Crippen molar-refractivity contribution >= 4 is 15.9 Å². The van der Waals surface area contributed by atoms with Gasteiger partial charge in [0.1, 0.15) is 0 Å². The maximum absolute atomic E-state index is 12.8. The van der Waals surface area contributed by atoms with Crippen LogP contribution in [0.5, 0.6) is 0 Å². The van der Waals surface area contributed by atoms with Gasteiger partial charge < -0.3 is 9.88 Å². The molecule has 1 aromatic heterocycles. The molecule has 0 radical (unpaired) electrons. The minimum atomic E-state index is -4.07. The zero-order valence-corrected chi connectivity index (χ0v) is 14.9. The van der Waals surface area contributed by atoms with Crippen LogP contribution in [0.2, 0.25) is 0 Å². The Kier molecular flexibility index (Phi) is 4.58. The van der Waals surface area contributed by atoms with E-state index in [1.165, 1.54) is 4.31 Å². The predicted molar refractivity (Wildman–Crippen MR) is 89.6 cm³/mol. The number of hydrogen-bond donors (Lipinski definition) is 2. The van der Waals surface area contributed by atoms with Gasteiger partial charge in [0.25, 0.3) is 5.56 Å². The van der Waals surface area contributed by atoms with Crippen molar-refractivity contribution in [2.75, 3.05) is 26.2 Å². The molecule has 3 rings (SSSR count). The first kappa shape index (κ1) is 17.9. The fraction of sp³-hybridized carbons (Fsp3) is 0.667. The molecule has 138 valence electrons. The molecular formula is C15H22N4O5S. The fourth-order valence-corrected chi connectivity index (χ4v) is 5.30. The molecule has 2 fully saturated rings. The highest BCUT2D eigenvalue weighted by atomic mass is 32.2. The average Bonchev–Trinajstić information content (AvgIpc) is 2.98. The molecule has 0 unspecified atom stereocenters. The Balaban J connectivity index is 1.88. The van der Waals surface area contributed by atoms with Crippen molar-refractivity contribution in [1.82, 2.24) is 19.2 Å². The molecule has 1 amide bonds. The second-order valence-electron chi connectivity index (χ2n) is 6.70. The van der Waals surface area contributed by atoms with Crippen molar-refractivity contribution in [1.29, 1.82) is 0 Å². The number of aromatic nitrogens is 2. The van der Waals surface area contributed by atoms with Gasteiger partial charge in [-0.2, -0.15) is 4.31 Å². The minimum Gasteiger partial charge on any atom is -0.342 e. The van der Waals surface area contributed by atoms with Gasteiger partial charge in [-0.25, -0.2) is 13.2 Å². The van der Waals surface area contributed by atoms with Gasteiger partial charge in [-0.3, -0.25) is 14.6 Å². The van der Waals surface area contributed by atoms with E-state index in [1.54, 1.807) is 0 Å². The second kappa shape index (κ2) is 6.41. The summed E-state index contributed by atoms with van der Waals surface area (Å²) in [5.74, 6) is 0.00804. The van der Waals surface area contributed by atoms with Crippen molar-refractivity contribution < 1.29 is 13.2 Å². The summed E-state index contributed by atoms with van der Waals surface area (Å²) in [6.07, 6.45) is 3.72. The normalized spacial score (nSPS) is 25.0. The third kappa shape index (κ3) is 3.04. The zero-order chi connectivity index (χ0) is 18.2. The molecule has 0 aliphatic carbocycles. The summed E-state index contributed by atoms with van der Waals surface area (Å²) in [5.41, 5.74) is -2.41. The Morgan fingerprint density at radius 1 is 1.20 bits per heavy atom. The lowest BCUT2D eigenvalue weighted by molar-refractivity contribution is -0.145. The molecule has 1 spiro atoms. The number of carbonyl (C=O) groups is 1. The minimum absolute atomic E-state index is 0.00804. The number of hydrogen-bond acceptors (Lipinski definition) is 5. The van der Waals surface area contributed by atoms with Crippen molar-refractivity contribution in [2.45, 2.75) is 37.5 Å². The van der Waals surface area contributed by atoms with Gasteiger partial charge in [0.15, 0.2) is 4.90 Å². The number of carbonyl (C=O) groups excluding carboxylic acids is 1. The van der Waals surface area contributed by atoms with E-state index in [0.717, 1.165) is 19.0 Å². The van der Waals surface area contributed by atoms with Gasteiger partial charge in [0.2, 0.25) is 15.9 Å². The lowest BCUT2D eigenvalue weighted by Gasteiger charge is -2.39. The van der Waals surface area contributed by atoms with Crippen molar-refractivity contribution in [3.05, 3.63) is 27.0 Å². The molecule has 0 saturated carbocycles. The van der Waals surface area contributed by atoms with Gasteiger partial charge in [0.05, 0.1) is 5.41 Å². The monoisotopic (exact) mass is 370 g/mol. The van der Waals surface area contributed by atoms with Crippen LogP contribution in [0.15, 0.2) is 20.7 Å². The summed E-state index contributed by atoms with van der Waals surface area (Å²) in [7, 11) is -4.07. The quantitative estimate of drug-likeness (QED) is 0.738. The van der Waals surface area contributed by atoms with Crippen molar-refractivity contribution in [3.8, 4) is 0 Å². The molecule has 1 aromatic rings. The molecule has 1 atom stereocenters. The van der Waals surface area contributed by atoms with Crippen LogP contribution in [0.25, 0.3) is 0 Å². The van der Waals surface area contributed by atoms with Crippen LogP contribution in [-0.2, 0) is 14.8 Å². The van der Waals surface area contributed by atoms with E-state index in [2.05, 4.69) is 4.98 Å². The molecule has 10 heteroatoms. The molecule has 2 saturated heterocycles. The summed E-state index contributed by atoms with van der Waals surface area (Å²) >= 11 is 0. The maximum Gasteiger partial charge on any atom is 0.325 e. The standard InChI is InChI=1S/C15H22N4O5S/c1-2-6-18-7-3-4-15(13(18)21)5-8-19(10-15)25(23,24)11-9-16-14(22)17-12(11)20/h9H,2-8,10H2,1H3,(H2,16,17,20,22)/t15-/m0/s1. The molecular weight excluding hydrogens is 348 g/mol. The van der Waals surface area contributed by atoms with Gasteiger partial charge in [-0.15, -0.1) is 0 Å². The molecule has 25 heavy (non-hydrogen) atoms. The van der Waals surface area contributed by atoms with Crippen molar-refractivity contribution in [2.24, 2.45) is 5.41 Å². The van der Waals surface area contributed by atoms with E-state index >= 15 is 0 Å². The van der Waals surface area contributed by atoms with Crippen LogP contribution in [0.4, 0.5) is 0 Å². The molecule has 9 nitrogen and oxygen atoms in total. The fourth-order valence-electron chi connectivity index (χ4n) is 3.78. The van der Waals surface area contributed by atoms with Crippen LogP contribution < -0.4 is 11.2 Å². The number of piperidine rings is 1. The first-order chi connectivity index (χ1) is 11.8. The predicted octanol–water partition coefficient (Wildman–Crippen LogP) is -0.524. The first-order valence-corrected chi connectivity index (χ1v) is 9.86. The smallest absolute Gasteiger partial charge is 0.325 e. The summed E-state index contributed by atoms with van der Waals surface area (Å²) in [4.78, 5) is 41.2. The Bertz CT molecular complexity index is 888. The maximum atomic E-state index is 12.8. The van der Waals surface area contributed by atoms with Crippen LogP contribution in [0.3, 0.4) is 0 Å². The van der Waals surface area contributed by atoms with E-state index in [0.29, 0.717) is 25.9 Å². The lowest BCUT2D eigenvalue weighted by Crippen LogP contribution is -2.50. The van der Waals surface area contributed by atoms with Crippen LogP contribution in [0, 0.1) is 5.41 Å². The van der Waals surface area contributed by atoms with Gasteiger partial charge in [0, 0.05) is 32.4 Å². The zero-order valence-electron chi connectivity index (χ0n) is 14.1. The molecule has 2 aliphatic heterocycles. The Morgan fingerprint density at radius 3 is 2.64 bits per heavy atom. The van der Waals surface area contributed by atoms with Crippen LogP contribution in [-0.4, -0.2) is 59.7 Å². The highest BCUT2D eigenvalue weighted by Gasteiger charge is 2.51. The molecule has 3 heterocycles. The number of amides is 1. The summed E-state index contributed by atoms with van der Waals surface area (Å²) in [5, 5.41) is 0. The van der Waals surface area contributed by atoms with E-state index in [4.69, 9.17) is 0 Å². The van der Waals surface area contributed by atoms with Crippen LogP contribution >= 0.6 is 0 Å². The Morgan fingerprint density at radius 2 is 1.96 bits per heavy atom. The molecule has 0 aromatic carbocycles. The van der Waals surface area contributed by atoms with E-state index in [1.807, 2.05) is 16.8 Å². The third-order valence-electron chi connectivity index (χ3n) is 5.04. The topological polar surface area (TPSA) is 123 Å². The number of sulfonamides is 1. The summed E-state index contributed by atoms with van der Waals surface area (Å²) < 4.78 is 26.7. The number of nitrogens with one attached hydrogen (secondary N) is 2. The van der Waals surface area contributed by atoms with Crippen LogP contribution in [0.1, 0.15) is 32.6 Å². The second-order valence-corrected chi connectivity index (χ2v) is 8.61. The largest absolute Gasteiger partial charge is 0.342 e. The Labute approximate surface area is 145 Å². The molecule has 2 aliphatic rings. The highest BCUT2D eigenvalue weighted by Crippen LogP contribution is 2.41. The SMILES string of the molecule is CCCN1CCC[C@@]2(CCN(S(=O)(=O)c3c[nH]c(=O)[nH]c3=O)C2)C1=O. The number of H-pyrrole nitrogens is 2. The van der Waals surface area contributed by atoms with E-state index < -0.39 is 31.6 Å².